The normalized spacial score (nSPS) is 11.9. The molecule has 2 aromatic carbocycles. The van der Waals surface area contributed by atoms with E-state index in [1.54, 1.807) is 12.1 Å². The molecule has 1 amide bonds. The third kappa shape index (κ3) is 5.02. The van der Waals surface area contributed by atoms with Gasteiger partial charge in [0.25, 0.3) is 0 Å². The third-order valence-electron chi connectivity index (χ3n) is 4.05. The molecule has 0 unspecified atom stereocenters. The SMILES string of the molecule is C[C@H](CNC(=O)CSc1nnc(-c2cccc(Cl)c2)n1N)c1ccccc1. The molecule has 0 saturated carbocycles. The molecule has 0 aliphatic heterocycles. The molecule has 1 atom stereocenters. The summed E-state index contributed by atoms with van der Waals surface area (Å²) in [5.41, 5.74) is 1.96. The second-order valence-electron chi connectivity index (χ2n) is 6.09. The zero-order valence-corrected chi connectivity index (χ0v) is 16.4. The Morgan fingerprint density at radius 1 is 1.22 bits per heavy atom. The number of amides is 1. The van der Waals surface area contributed by atoms with E-state index in [1.807, 2.05) is 30.3 Å². The molecule has 8 heteroatoms. The second kappa shape index (κ2) is 8.92. The maximum atomic E-state index is 12.1. The van der Waals surface area contributed by atoms with Crippen LogP contribution in [0.1, 0.15) is 18.4 Å². The minimum Gasteiger partial charge on any atom is -0.355 e. The van der Waals surface area contributed by atoms with E-state index in [-0.39, 0.29) is 17.6 Å². The van der Waals surface area contributed by atoms with E-state index < -0.39 is 0 Å². The highest BCUT2D eigenvalue weighted by Gasteiger charge is 2.14. The molecule has 0 fully saturated rings. The number of hydrogen-bond acceptors (Lipinski definition) is 5. The number of nitrogen functional groups attached to an aromatic ring is 1. The number of hydrogen-bond donors (Lipinski definition) is 2. The number of rotatable bonds is 7. The first-order valence-electron chi connectivity index (χ1n) is 8.45. The van der Waals surface area contributed by atoms with E-state index in [0.717, 1.165) is 5.56 Å². The van der Waals surface area contributed by atoms with Crippen molar-refractivity contribution in [1.82, 2.24) is 20.2 Å². The topological polar surface area (TPSA) is 85.8 Å². The lowest BCUT2D eigenvalue weighted by molar-refractivity contribution is -0.118. The van der Waals surface area contributed by atoms with Gasteiger partial charge in [0.15, 0.2) is 5.82 Å². The van der Waals surface area contributed by atoms with Crippen molar-refractivity contribution in [3.63, 3.8) is 0 Å². The molecule has 0 radical (unpaired) electrons. The minimum atomic E-state index is -0.0740. The first kappa shape index (κ1) is 19.3. The van der Waals surface area contributed by atoms with E-state index in [9.17, 15) is 4.79 Å². The Morgan fingerprint density at radius 3 is 2.74 bits per heavy atom. The summed E-state index contributed by atoms with van der Waals surface area (Å²) >= 11 is 7.25. The molecule has 6 nitrogen and oxygen atoms in total. The van der Waals surface area contributed by atoms with Crippen LogP contribution >= 0.6 is 23.4 Å². The van der Waals surface area contributed by atoms with Gasteiger partial charge in [-0.2, -0.15) is 0 Å². The fourth-order valence-electron chi connectivity index (χ4n) is 2.55. The van der Waals surface area contributed by atoms with Crippen LogP contribution < -0.4 is 11.2 Å². The van der Waals surface area contributed by atoms with Gasteiger partial charge in [-0.05, 0) is 23.6 Å². The lowest BCUT2D eigenvalue weighted by Gasteiger charge is -2.12. The second-order valence-corrected chi connectivity index (χ2v) is 7.47. The summed E-state index contributed by atoms with van der Waals surface area (Å²) in [6.45, 7) is 2.66. The maximum Gasteiger partial charge on any atom is 0.230 e. The van der Waals surface area contributed by atoms with Gasteiger partial charge in [0, 0.05) is 17.1 Å². The van der Waals surface area contributed by atoms with Gasteiger partial charge in [-0.15, -0.1) is 10.2 Å². The van der Waals surface area contributed by atoms with Gasteiger partial charge in [-0.1, -0.05) is 72.8 Å². The van der Waals surface area contributed by atoms with Crippen molar-refractivity contribution in [2.24, 2.45) is 0 Å². The van der Waals surface area contributed by atoms with Gasteiger partial charge in [0.2, 0.25) is 11.1 Å². The van der Waals surface area contributed by atoms with Crippen molar-refractivity contribution in [2.75, 3.05) is 18.1 Å². The van der Waals surface area contributed by atoms with Crippen LogP contribution in [0.3, 0.4) is 0 Å². The van der Waals surface area contributed by atoms with Crippen LogP contribution in [0.25, 0.3) is 11.4 Å². The molecule has 0 aliphatic rings. The highest BCUT2D eigenvalue weighted by molar-refractivity contribution is 7.99. The van der Waals surface area contributed by atoms with E-state index >= 15 is 0 Å². The van der Waals surface area contributed by atoms with Crippen LogP contribution in [0.15, 0.2) is 59.8 Å². The highest BCUT2D eigenvalue weighted by atomic mass is 35.5. The highest BCUT2D eigenvalue weighted by Crippen LogP contribution is 2.23. The molecule has 3 N–H and O–H groups in total. The predicted molar refractivity (Wildman–Crippen MR) is 109 cm³/mol. The summed E-state index contributed by atoms with van der Waals surface area (Å²) in [5, 5.41) is 12.2. The summed E-state index contributed by atoms with van der Waals surface area (Å²) in [6, 6.07) is 17.3. The van der Waals surface area contributed by atoms with E-state index in [0.29, 0.717) is 22.5 Å². The number of halogens is 1. The van der Waals surface area contributed by atoms with Gasteiger partial charge in [0.1, 0.15) is 0 Å². The molecule has 0 spiro atoms. The van der Waals surface area contributed by atoms with Crippen molar-refractivity contribution in [2.45, 2.75) is 18.0 Å². The summed E-state index contributed by atoms with van der Waals surface area (Å²) < 4.78 is 1.37. The molecule has 3 aromatic rings. The van der Waals surface area contributed by atoms with Crippen LogP contribution in [0.2, 0.25) is 5.02 Å². The van der Waals surface area contributed by atoms with Crippen molar-refractivity contribution >= 4 is 29.3 Å². The smallest absolute Gasteiger partial charge is 0.230 e. The van der Waals surface area contributed by atoms with Crippen LogP contribution in [0.5, 0.6) is 0 Å². The third-order valence-corrected chi connectivity index (χ3v) is 5.23. The average molecular weight is 402 g/mol. The fraction of sp³-hybridized carbons (Fsp3) is 0.211. The zero-order valence-electron chi connectivity index (χ0n) is 14.8. The molecule has 1 heterocycles. The van der Waals surface area contributed by atoms with Crippen LogP contribution in [-0.4, -0.2) is 33.1 Å². The first-order chi connectivity index (χ1) is 13.0. The van der Waals surface area contributed by atoms with E-state index in [4.69, 9.17) is 17.4 Å². The number of carbonyl (C=O) groups excluding carboxylic acids is 1. The molecule has 27 heavy (non-hydrogen) atoms. The standard InChI is InChI=1S/C19H20ClN5OS/c1-13(14-6-3-2-4-7-14)11-22-17(26)12-27-19-24-23-18(25(19)21)15-8-5-9-16(20)10-15/h2-10,13H,11-12,21H2,1H3,(H,22,26)/t13-/m1/s1. The van der Waals surface area contributed by atoms with Crippen molar-refractivity contribution in [3.05, 3.63) is 65.2 Å². The Kier molecular flexibility index (Phi) is 6.36. The predicted octanol–water partition coefficient (Wildman–Crippen LogP) is 3.32. The Bertz CT molecular complexity index is 915. The first-order valence-corrected chi connectivity index (χ1v) is 9.82. The molecular formula is C19H20ClN5OS. The van der Waals surface area contributed by atoms with Gasteiger partial charge >= 0.3 is 0 Å². The largest absolute Gasteiger partial charge is 0.355 e. The fourth-order valence-corrected chi connectivity index (χ4v) is 3.42. The number of aromatic nitrogens is 3. The molecule has 3 rings (SSSR count). The Balaban J connectivity index is 1.53. The van der Waals surface area contributed by atoms with E-state index in [2.05, 4.69) is 34.6 Å². The Morgan fingerprint density at radius 2 is 2.00 bits per heavy atom. The van der Waals surface area contributed by atoms with Crippen LogP contribution in [-0.2, 0) is 4.79 Å². The van der Waals surface area contributed by atoms with Crippen molar-refractivity contribution in [3.8, 4) is 11.4 Å². The number of carbonyl (C=O) groups is 1. The molecule has 0 saturated heterocycles. The lowest BCUT2D eigenvalue weighted by atomic mass is 10.0. The van der Waals surface area contributed by atoms with Crippen molar-refractivity contribution < 1.29 is 4.79 Å². The molecular weight excluding hydrogens is 382 g/mol. The summed E-state index contributed by atoms with van der Waals surface area (Å²) in [4.78, 5) is 12.1. The summed E-state index contributed by atoms with van der Waals surface area (Å²) in [6.07, 6.45) is 0. The monoisotopic (exact) mass is 401 g/mol. The summed E-state index contributed by atoms with van der Waals surface area (Å²) in [5.74, 6) is 6.95. The molecule has 1 aromatic heterocycles. The maximum absolute atomic E-state index is 12.1. The lowest BCUT2D eigenvalue weighted by Crippen LogP contribution is -2.29. The molecule has 0 bridgehead atoms. The minimum absolute atomic E-state index is 0.0740. The quantitative estimate of drug-likeness (QED) is 0.468. The Hall–Kier alpha value is -2.51. The van der Waals surface area contributed by atoms with E-state index in [1.165, 1.54) is 22.0 Å². The molecule has 140 valence electrons. The Labute approximate surface area is 167 Å². The van der Waals surface area contributed by atoms with Crippen LogP contribution in [0.4, 0.5) is 0 Å². The number of benzene rings is 2. The number of nitrogens with zero attached hydrogens (tertiary/aromatic N) is 3. The summed E-state index contributed by atoms with van der Waals surface area (Å²) in [7, 11) is 0. The van der Waals surface area contributed by atoms with Crippen molar-refractivity contribution in [1.29, 1.82) is 0 Å². The zero-order chi connectivity index (χ0) is 19.2. The average Bonchev–Trinajstić information content (AvgIpc) is 3.05. The van der Waals surface area contributed by atoms with Gasteiger partial charge < -0.3 is 11.2 Å². The van der Waals surface area contributed by atoms with Gasteiger partial charge in [-0.3, -0.25) is 4.79 Å². The van der Waals surface area contributed by atoms with Gasteiger partial charge in [-0.25, -0.2) is 4.68 Å². The molecule has 0 aliphatic carbocycles. The number of nitrogens with two attached hydrogens (primary N) is 1. The number of nitrogens with one attached hydrogen (secondary N) is 1. The van der Waals surface area contributed by atoms with Gasteiger partial charge in [0.05, 0.1) is 5.75 Å². The van der Waals surface area contributed by atoms with Crippen LogP contribution in [0, 0.1) is 0 Å². The number of thioether (sulfide) groups is 1.